The second-order valence-electron chi connectivity index (χ2n) is 3.45. The molecule has 0 aliphatic heterocycles. The lowest BCUT2D eigenvalue weighted by Gasteiger charge is -2.24. The summed E-state index contributed by atoms with van der Waals surface area (Å²) in [6.45, 7) is 0. The van der Waals surface area contributed by atoms with Crippen molar-refractivity contribution in [3.05, 3.63) is 52.5 Å². The Kier molecular flexibility index (Phi) is 2.76. The predicted octanol–water partition coefficient (Wildman–Crippen LogP) is 3.45. The molecule has 1 aromatic rings. The Morgan fingerprint density at radius 1 is 1.33 bits per heavy atom. The first-order chi connectivity index (χ1) is 7.11. The summed E-state index contributed by atoms with van der Waals surface area (Å²) >= 11 is 3.34. The molecule has 0 saturated carbocycles. The lowest BCUT2D eigenvalue weighted by molar-refractivity contribution is -0.0280. The third-order valence-electron chi connectivity index (χ3n) is 2.36. The monoisotopic (exact) mass is 268 g/mol. The molecule has 2 rings (SSSR count). The van der Waals surface area contributed by atoms with Crippen LogP contribution in [0.2, 0.25) is 0 Å². The van der Waals surface area contributed by atoms with Crippen LogP contribution in [-0.2, 0) is 0 Å². The minimum Gasteiger partial charge on any atom is -0.358 e. The second-order valence-corrected chi connectivity index (χ2v) is 4.31. The molecule has 0 bridgehead atoms. The van der Waals surface area contributed by atoms with E-state index in [4.69, 9.17) is 0 Å². The van der Waals surface area contributed by atoms with E-state index in [0.29, 0.717) is 11.1 Å². The van der Waals surface area contributed by atoms with E-state index >= 15 is 0 Å². The lowest BCUT2D eigenvalue weighted by atomic mass is 9.93. The zero-order valence-corrected chi connectivity index (χ0v) is 9.54. The Morgan fingerprint density at radius 3 is 2.73 bits per heavy atom. The van der Waals surface area contributed by atoms with Crippen molar-refractivity contribution in [3.8, 4) is 0 Å². The Hall–Kier alpha value is -0.930. The van der Waals surface area contributed by atoms with Gasteiger partial charge in [0, 0.05) is 16.5 Å². The zero-order valence-electron chi connectivity index (χ0n) is 7.95. The second kappa shape index (κ2) is 3.91. The van der Waals surface area contributed by atoms with E-state index in [9.17, 15) is 9.50 Å². The normalized spacial score (nSPS) is 25.1. The summed E-state index contributed by atoms with van der Waals surface area (Å²) in [6, 6.07) is 7.27. The van der Waals surface area contributed by atoms with Crippen molar-refractivity contribution in [2.45, 2.75) is 12.3 Å². The highest BCUT2D eigenvalue weighted by atomic mass is 79.9. The highest BCUT2D eigenvalue weighted by Gasteiger charge is 2.32. The summed E-state index contributed by atoms with van der Waals surface area (Å²) in [5, 5.41) is 9.61. The van der Waals surface area contributed by atoms with Gasteiger partial charge in [-0.25, -0.2) is 4.39 Å². The molecule has 3 heteroatoms. The molecule has 15 heavy (non-hydrogen) atoms. The largest absolute Gasteiger partial charge is 0.358 e. The first-order valence-electron chi connectivity index (χ1n) is 4.65. The third kappa shape index (κ3) is 2.03. The van der Waals surface area contributed by atoms with Gasteiger partial charge in [-0.3, -0.25) is 0 Å². The van der Waals surface area contributed by atoms with Gasteiger partial charge in [-0.15, -0.1) is 0 Å². The van der Waals surface area contributed by atoms with Gasteiger partial charge in [0.05, 0.1) is 0 Å². The van der Waals surface area contributed by atoms with Gasteiger partial charge in [-0.1, -0.05) is 52.4 Å². The fourth-order valence-electron chi connectivity index (χ4n) is 1.60. The molecule has 0 heterocycles. The van der Waals surface area contributed by atoms with Crippen molar-refractivity contribution in [1.29, 1.82) is 0 Å². The molecule has 1 nitrogen and oxygen atoms in total. The van der Waals surface area contributed by atoms with Crippen molar-refractivity contribution >= 4 is 21.5 Å². The SMILES string of the molecule is OC1(F)CC=CC=C1c1ccccc1Br. The Bertz CT molecular complexity index is 435. The van der Waals surface area contributed by atoms with Gasteiger partial charge in [-0.2, -0.15) is 0 Å². The predicted molar refractivity (Wildman–Crippen MR) is 61.9 cm³/mol. The number of hydrogen-bond acceptors (Lipinski definition) is 1. The fraction of sp³-hybridized carbons (Fsp3) is 0.167. The molecule has 1 aliphatic rings. The number of allylic oxidation sites excluding steroid dienone is 2. The maximum atomic E-state index is 13.8. The van der Waals surface area contributed by atoms with Crippen LogP contribution in [0.5, 0.6) is 0 Å². The van der Waals surface area contributed by atoms with E-state index in [1.165, 1.54) is 0 Å². The molecular formula is C12H10BrFO. The van der Waals surface area contributed by atoms with Crippen LogP contribution >= 0.6 is 15.9 Å². The summed E-state index contributed by atoms with van der Waals surface area (Å²) in [4.78, 5) is 0. The summed E-state index contributed by atoms with van der Waals surface area (Å²) in [7, 11) is 0. The first-order valence-corrected chi connectivity index (χ1v) is 5.44. The van der Waals surface area contributed by atoms with Crippen LogP contribution < -0.4 is 0 Å². The maximum Gasteiger partial charge on any atom is 0.237 e. The van der Waals surface area contributed by atoms with Crippen molar-refractivity contribution in [3.63, 3.8) is 0 Å². The van der Waals surface area contributed by atoms with Crippen LogP contribution in [0.1, 0.15) is 12.0 Å². The molecule has 1 unspecified atom stereocenters. The highest BCUT2D eigenvalue weighted by Crippen LogP contribution is 2.37. The molecule has 0 amide bonds. The Balaban J connectivity index is 2.51. The van der Waals surface area contributed by atoms with Gasteiger partial charge in [-0.05, 0) is 11.6 Å². The Morgan fingerprint density at radius 2 is 2.07 bits per heavy atom. The number of aliphatic hydroxyl groups is 1. The van der Waals surface area contributed by atoms with Crippen molar-refractivity contribution in [2.75, 3.05) is 0 Å². The van der Waals surface area contributed by atoms with Crippen molar-refractivity contribution in [1.82, 2.24) is 0 Å². The van der Waals surface area contributed by atoms with Gasteiger partial charge in [0.1, 0.15) is 0 Å². The average Bonchev–Trinajstić information content (AvgIpc) is 2.19. The molecule has 1 aliphatic carbocycles. The highest BCUT2D eigenvalue weighted by molar-refractivity contribution is 9.10. The molecule has 0 aromatic heterocycles. The summed E-state index contributed by atoms with van der Waals surface area (Å²) in [6.07, 6.45) is 4.97. The molecule has 0 spiro atoms. The average molecular weight is 269 g/mol. The summed E-state index contributed by atoms with van der Waals surface area (Å²) < 4.78 is 14.6. The van der Waals surface area contributed by atoms with Gasteiger partial charge < -0.3 is 5.11 Å². The molecule has 1 aromatic carbocycles. The number of alkyl halides is 1. The quantitative estimate of drug-likeness (QED) is 0.827. The van der Waals surface area contributed by atoms with Crippen LogP contribution in [0.15, 0.2) is 47.0 Å². The topological polar surface area (TPSA) is 20.2 Å². The van der Waals surface area contributed by atoms with Crippen LogP contribution in [-0.4, -0.2) is 11.0 Å². The van der Waals surface area contributed by atoms with Gasteiger partial charge in [0.25, 0.3) is 0 Å². The number of hydrogen-bond donors (Lipinski definition) is 1. The molecule has 78 valence electrons. The third-order valence-corrected chi connectivity index (χ3v) is 3.06. The van der Waals surface area contributed by atoms with E-state index in [0.717, 1.165) is 4.47 Å². The number of benzene rings is 1. The van der Waals surface area contributed by atoms with E-state index < -0.39 is 5.85 Å². The smallest absolute Gasteiger partial charge is 0.237 e. The van der Waals surface area contributed by atoms with Crippen LogP contribution in [0.4, 0.5) is 4.39 Å². The van der Waals surface area contributed by atoms with E-state index in [-0.39, 0.29) is 6.42 Å². The van der Waals surface area contributed by atoms with Crippen LogP contribution in [0.25, 0.3) is 5.57 Å². The zero-order chi connectivity index (χ0) is 10.9. The van der Waals surface area contributed by atoms with Gasteiger partial charge >= 0.3 is 0 Å². The van der Waals surface area contributed by atoms with Crippen molar-refractivity contribution < 1.29 is 9.50 Å². The number of halogens is 2. The van der Waals surface area contributed by atoms with E-state index in [2.05, 4.69) is 15.9 Å². The number of rotatable bonds is 1. The molecule has 1 N–H and O–H groups in total. The van der Waals surface area contributed by atoms with Crippen LogP contribution in [0.3, 0.4) is 0 Å². The van der Waals surface area contributed by atoms with Gasteiger partial charge in [0.2, 0.25) is 5.85 Å². The fourth-order valence-corrected chi connectivity index (χ4v) is 2.10. The summed E-state index contributed by atoms with van der Waals surface area (Å²) in [5.41, 5.74) is 0.990. The molecule has 0 fully saturated rings. The van der Waals surface area contributed by atoms with E-state index in [1.54, 1.807) is 24.3 Å². The lowest BCUT2D eigenvalue weighted by Crippen LogP contribution is -2.24. The Labute approximate surface area is 96.1 Å². The van der Waals surface area contributed by atoms with Gasteiger partial charge in [0.15, 0.2) is 0 Å². The molecule has 0 radical (unpaired) electrons. The standard InChI is InChI=1S/C12H10BrFO/c13-11-7-2-1-5-9(11)10-6-3-4-8-12(10,14)15/h1-7,15H,8H2. The molecular weight excluding hydrogens is 259 g/mol. The molecule has 1 atom stereocenters. The summed E-state index contributed by atoms with van der Waals surface area (Å²) in [5.74, 6) is -2.27. The first kappa shape index (κ1) is 10.6. The van der Waals surface area contributed by atoms with Crippen molar-refractivity contribution in [2.24, 2.45) is 0 Å². The van der Waals surface area contributed by atoms with E-state index in [1.807, 2.05) is 18.2 Å². The minimum atomic E-state index is -2.27. The minimum absolute atomic E-state index is 0.000166. The molecule has 0 saturated heterocycles. The van der Waals surface area contributed by atoms with Crippen LogP contribution in [0, 0.1) is 0 Å². The maximum absolute atomic E-state index is 13.8.